The Bertz CT molecular complexity index is 669. The van der Waals surface area contributed by atoms with Crippen molar-refractivity contribution in [3.05, 3.63) is 12.2 Å². The van der Waals surface area contributed by atoms with Crippen LogP contribution in [0.2, 0.25) is 0 Å². The van der Waals surface area contributed by atoms with Crippen LogP contribution < -0.4 is 0 Å². The third-order valence-electron chi connectivity index (χ3n) is 8.77. The van der Waals surface area contributed by atoms with Crippen LogP contribution in [0.5, 0.6) is 0 Å². The van der Waals surface area contributed by atoms with E-state index in [1.807, 2.05) is 0 Å². The van der Waals surface area contributed by atoms with Crippen LogP contribution in [0.4, 0.5) is 0 Å². The predicted molar refractivity (Wildman–Crippen MR) is 98.2 cm³/mol. The number of rotatable bonds is 2. The van der Waals surface area contributed by atoms with Crippen LogP contribution in [0.25, 0.3) is 0 Å². The van der Waals surface area contributed by atoms with E-state index < -0.39 is 11.5 Å². The summed E-state index contributed by atoms with van der Waals surface area (Å²) in [6, 6.07) is 0. The molecule has 1 N–H and O–H groups in total. The maximum atomic E-state index is 13.2. The summed E-state index contributed by atoms with van der Waals surface area (Å²) in [5.41, 5.74) is 0.0337. The Hall–Kier alpha value is -1.16. The van der Waals surface area contributed by atoms with Crippen LogP contribution in [0, 0.1) is 34.0 Å². The van der Waals surface area contributed by atoms with Crippen molar-refractivity contribution in [3.8, 4) is 0 Å². The van der Waals surface area contributed by atoms with Gasteiger partial charge in [-0.3, -0.25) is 9.59 Å². The molecule has 0 heterocycles. The van der Waals surface area contributed by atoms with Gasteiger partial charge in [-0.1, -0.05) is 26.8 Å². The van der Waals surface area contributed by atoms with Crippen LogP contribution in [-0.2, 0) is 14.3 Å². The van der Waals surface area contributed by atoms with Gasteiger partial charge in [0.15, 0.2) is 5.78 Å². The number of allylic oxidation sites excluding steroid dienone is 1. The summed E-state index contributed by atoms with van der Waals surface area (Å²) in [5.74, 6) is 0.652. The van der Waals surface area contributed by atoms with Crippen molar-refractivity contribution in [2.45, 2.75) is 71.8 Å². The second-order valence-corrected chi connectivity index (χ2v) is 10.0. The summed E-state index contributed by atoms with van der Waals surface area (Å²) < 4.78 is 5.45. The van der Waals surface area contributed by atoms with Gasteiger partial charge in [0.1, 0.15) is 0 Å². The van der Waals surface area contributed by atoms with Gasteiger partial charge in [-0.15, -0.1) is 0 Å². The Balaban J connectivity index is 1.74. The normalized spacial score (nSPS) is 50.2. The lowest BCUT2D eigenvalue weighted by atomic mass is 9.40. The minimum absolute atomic E-state index is 0.0115. The number of aliphatic hydroxyl groups excluding tert-OH is 1. The topological polar surface area (TPSA) is 63.6 Å². The standard InChI is InChI=1S/C22H32O4/c1-13-15-6-7-16-21(4)9-5-8-20(3,12-26-14(2)23)17(21)10-18(24)22(16,11-15)19(13)25/h15-18,24H,1,5-12H2,2-4H3/t15-,16+,17-,18-,20+,21+,22-/m1/s1. The molecule has 0 aromatic rings. The maximum absolute atomic E-state index is 13.2. The second kappa shape index (κ2) is 5.67. The van der Waals surface area contributed by atoms with Crippen molar-refractivity contribution in [3.63, 3.8) is 0 Å². The van der Waals surface area contributed by atoms with Gasteiger partial charge in [-0.2, -0.15) is 0 Å². The molecular weight excluding hydrogens is 328 g/mol. The fourth-order valence-corrected chi connectivity index (χ4v) is 7.61. The van der Waals surface area contributed by atoms with Gasteiger partial charge in [0.05, 0.1) is 18.1 Å². The monoisotopic (exact) mass is 360 g/mol. The van der Waals surface area contributed by atoms with Gasteiger partial charge in [-0.25, -0.2) is 0 Å². The first-order chi connectivity index (χ1) is 12.1. The number of ether oxygens (including phenoxy) is 1. The van der Waals surface area contributed by atoms with Crippen LogP contribution in [0.15, 0.2) is 12.2 Å². The Labute approximate surface area is 156 Å². The minimum atomic E-state index is -0.606. The number of aliphatic hydroxyl groups is 1. The smallest absolute Gasteiger partial charge is 0.302 e. The SMILES string of the molecule is C=C1C(=O)[C@]23C[C@H]1CC[C@H]2[C@]1(C)CCC[C@@](C)(COC(C)=O)[C@H]1C[C@H]3O. The Morgan fingerprint density at radius 2 is 2.00 bits per heavy atom. The van der Waals surface area contributed by atoms with Crippen LogP contribution in [0.1, 0.15) is 65.7 Å². The molecule has 0 radical (unpaired) electrons. The van der Waals surface area contributed by atoms with E-state index in [4.69, 9.17) is 4.74 Å². The zero-order valence-electron chi connectivity index (χ0n) is 16.3. The van der Waals surface area contributed by atoms with E-state index in [9.17, 15) is 14.7 Å². The van der Waals surface area contributed by atoms with Crippen molar-refractivity contribution >= 4 is 11.8 Å². The molecule has 4 aliphatic rings. The number of ketones is 1. The molecule has 4 fully saturated rings. The summed E-state index contributed by atoms with van der Waals surface area (Å²) >= 11 is 0. The zero-order chi connectivity index (χ0) is 18.9. The highest BCUT2D eigenvalue weighted by molar-refractivity contribution is 6.03. The summed E-state index contributed by atoms with van der Waals surface area (Å²) in [6.07, 6.45) is 6.04. The molecule has 0 aromatic heterocycles. The van der Waals surface area contributed by atoms with E-state index in [1.54, 1.807) is 0 Å². The summed E-state index contributed by atoms with van der Waals surface area (Å²) in [7, 11) is 0. The molecule has 0 aliphatic heterocycles. The van der Waals surface area contributed by atoms with Crippen molar-refractivity contribution in [1.82, 2.24) is 0 Å². The van der Waals surface area contributed by atoms with Crippen molar-refractivity contribution in [1.29, 1.82) is 0 Å². The molecular formula is C22H32O4. The number of hydrogen-bond acceptors (Lipinski definition) is 4. The van der Waals surface area contributed by atoms with Crippen molar-refractivity contribution in [2.24, 2.45) is 34.0 Å². The molecule has 4 heteroatoms. The molecule has 4 rings (SSSR count). The van der Waals surface area contributed by atoms with Crippen LogP contribution in [0.3, 0.4) is 0 Å². The minimum Gasteiger partial charge on any atom is -0.465 e. The largest absolute Gasteiger partial charge is 0.465 e. The lowest BCUT2D eigenvalue weighted by molar-refractivity contribution is -0.207. The van der Waals surface area contributed by atoms with Gasteiger partial charge >= 0.3 is 5.97 Å². The molecule has 26 heavy (non-hydrogen) atoms. The average Bonchev–Trinajstić information content (AvgIpc) is 2.77. The number of carbonyl (C=O) groups is 2. The molecule has 4 nitrogen and oxygen atoms in total. The Morgan fingerprint density at radius 3 is 2.69 bits per heavy atom. The maximum Gasteiger partial charge on any atom is 0.302 e. The van der Waals surface area contributed by atoms with E-state index >= 15 is 0 Å². The van der Waals surface area contributed by atoms with E-state index in [0.29, 0.717) is 13.0 Å². The lowest BCUT2D eigenvalue weighted by Gasteiger charge is -2.64. The van der Waals surface area contributed by atoms with Gasteiger partial charge in [0.2, 0.25) is 0 Å². The highest BCUT2D eigenvalue weighted by atomic mass is 16.5. The third kappa shape index (κ3) is 2.17. The predicted octanol–water partition coefficient (Wildman–Crippen LogP) is 3.67. The molecule has 4 aliphatic carbocycles. The number of Topliss-reactive ketones (excluding diaryl/α,β-unsaturated/α-hetero) is 1. The molecule has 0 saturated heterocycles. The molecule has 2 bridgehead atoms. The van der Waals surface area contributed by atoms with Crippen LogP contribution in [-0.4, -0.2) is 29.6 Å². The Morgan fingerprint density at radius 1 is 1.27 bits per heavy atom. The molecule has 4 saturated carbocycles. The van der Waals surface area contributed by atoms with Crippen molar-refractivity contribution in [2.75, 3.05) is 6.61 Å². The number of fused-ring (bicyclic) bond motifs is 3. The summed E-state index contributed by atoms with van der Waals surface area (Å²) in [4.78, 5) is 24.6. The molecule has 0 aromatic carbocycles. The quantitative estimate of drug-likeness (QED) is 0.603. The lowest BCUT2D eigenvalue weighted by Crippen LogP contribution is -2.64. The van der Waals surface area contributed by atoms with Gasteiger partial charge in [0, 0.05) is 12.3 Å². The van der Waals surface area contributed by atoms with E-state index in [2.05, 4.69) is 20.4 Å². The molecule has 0 amide bonds. The third-order valence-corrected chi connectivity index (χ3v) is 8.77. The number of carbonyl (C=O) groups excluding carboxylic acids is 2. The second-order valence-electron chi connectivity index (χ2n) is 10.0. The van der Waals surface area contributed by atoms with Gasteiger partial charge in [-0.05, 0) is 67.3 Å². The average molecular weight is 360 g/mol. The first-order valence-electron chi connectivity index (χ1n) is 10.2. The molecule has 0 unspecified atom stereocenters. The summed E-state index contributed by atoms with van der Waals surface area (Å²) in [6.45, 7) is 10.5. The Kier molecular flexibility index (Phi) is 3.97. The molecule has 1 spiro atoms. The van der Waals surface area contributed by atoms with E-state index in [0.717, 1.165) is 44.1 Å². The van der Waals surface area contributed by atoms with Crippen LogP contribution >= 0.6 is 0 Å². The zero-order valence-corrected chi connectivity index (χ0v) is 16.3. The van der Waals surface area contributed by atoms with E-state index in [1.165, 1.54) is 6.92 Å². The van der Waals surface area contributed by atoms with Crippen molar-refractivity contribution < 1.29 is 19.4 Å². The first-order valence-corrected chi connectivity index (χ1v) is 10.2. The number of hydrogen-bond donors (Lipinski definition) is 1. The fraction of sp³-hybridized carbons (Fsp3) is 0.818. The van der Waals surface area contributed by atoms with Gasteiger partial charge in [0.25, 0.3) is 0 Å². The van der Waals surface area contributed by atoms with Gasteiger partial charge < -0.3 is 9.84 Å². The van der Waals surface area contributed by atoms with E-state index in [-0.39, 0.29) is 40.3 Å². The molecule has 7 atom stereocenters. The summed E-state index contributed by atoms with van der Waals surface area (Å²) in [5, 5.41) is 11.3. The highest BCUT2D eigenvalue weighted by Crippen LogP contribution is 2.71. The fourth-order valence-electron chi connectivity index (χ4n) is 7.61. The first kappa shape index (κ1) is 18.2. The molecule has 144 valence electrons. The highest BCUT2D eigenvalue weighted by Gasteiger charge is 2.70. The number of esters is 1.